The van der Waals surface area contributed by atoms with E-state index in [4.69, 9.17) is 10.5 Å². The minimum Gasteiger partial charge on any atom is -0.399 e. The van der Waals surface area contributed by atoms with E-state index in [1.165, 1.54) is 6.26 Å². The van der Waals surface area contributed by atoms with E-state index < -0.39 is 9.73 Å². The summed E-state index contributed by atoms with van der Waals surface area (Å²) in [7, 11) is -2.58. The predicted octanol–water partition coefficient (Wildman–Crippen LogP) is 2.15. The fourth-order valence-electron chi connectivity index (χ4n) is 0.728. The summed E-state index contributed by atoms with van der Waals surface area (Å²) in [5.74, 6) is 0. The van der Waals surface area contributed by atoms with Crippen molar-refractivity contribution in [1.29, 1.82) is 4.78 Å². The molecule has 0 heterocycles. The van der Waals surface area contributed by atoms with Crippen LogP contribution >= 0.6 is 24.8 Å². The number of halogens is 2. The van der Waals surface area contributed by atoms with Crippen LogP contribution in [0.15, 0.2) is 29.2 Å². The molecule has 3 N–H and O–H groups in total. The van der Waals surface area contributed by atoms with E-state index in [9.17, 15) is 4.21 Å². The Labute approximate surface area is 90.5 Å². The first kappa shape index (κ1) is 15.0. The van der Waals surface area contributed by atoms with Gasteiger partial charge in [-0.3, -0.25) is 0 Å². The zero-order chi connectivity index (χ0) is 8.48. The van der Waals surface area contributed by atoms with Crippen molar-refractivity contribution in [2.75, 3.05) is 12.0 Å². The third kappa shape index (κ3) is 4.36. The van der Waals surface area contributed by atoms with Crippen LogP contribution in [-0.4, -0.2) is 10.5 Å². The van der Waals surface area contributed by atoms with Gasteiger partial charge in [-0.05, 0) is 24.3 Å². The van der Waals surface area contributed by atoms with E-state index in [0.717, 1.165) is 0 Å². The largest absolute Gasteiger partial charge is 0.399 e. The van der Waals surface area contributed by atoms with Crippen molar-refractivity contribution < 1.29 is 4.21 Å². The Bertz CT molecular complexity index is 347. The molecule has 0 saturated carbocycles. The normalized spacial score (nSPS) is 13.3. The monoisotopic (exact) mass is 242 g/mol. The summed E-state index contributed by atoms with van der Waals surface area (Å²) in [6.45, 7) is 0. The fourth-order valence-corrected chi connectivity index (χ4v) is 1.38. The van der Waals surface area contributed by atoms with Crippen molar-refractivity contribution in [3.8, 4) is 0 Å². The minimum absolute atomic E-state index is 0. The van der Waals surface area contributed by atoms with Gasteiger partial charge in [-0.2, -0.15) is 0 Å². The van der Waals surface area contributed by atoms with Crippen LogP contribution in [0.2, 0.25) is 0 Å². The molecule has 0 radical (unpaired) electrons. The summed E-state index contributed by atoms with van der Waals surface area (Å²) in [4.78, 5) is 0.520. The molecule has 3 nitrogen and oxygen atoms in total. The van der Waals surface area contributed by atoms with Crippen LogP contribution in [0.25, 0.3) is 0 Å². The van der Waals surface area contributed by atoms with Crippen LogP contribution in [0.3, 0.4) is 0 Å². The molecule has 1 atom stereocenters. The van der Waals surface area contributed by atoms with Crippen molar-refractivity contribution in [3.05, 3.63) is 24.3 Å². The Kier molecular flexibility index (Phi) is 6.15. The van der Waals surface area contributed by atoms with E-state index in [2.05, 4.69) is 0 Å². The number of hydrogen-bond donors (Lipinski definition) is 2. The van der Waals surface area contributed by atoms with Crippen molar-refractivity contribution in [3.63, 3.8) is 0 Å². The van der Waals surface area contributed by atoms with E-state index >= 15 is 0 Å². The quantitative estimate of drug-likeness (QED) is 0.742. The van der Waals surface area contributed by atoms with E-state index in [-0.39, 0.29) is 24.8 Å². The van der Waals surface area contributed by atoms with Crippen LogP contribution in [0.1, 0.15) is 0 Å². The van der Waals surface area contributed by atoms with Crippen LogP contribution in [0.4, 0.5) is 5.69 Å². The first-order valence-electron chi connectivity index (χ1n) is 3.09. The van der Waals surface area contributed by atoms with Crippen LogP contribution < -0.4 is 5.73 Å². The molecule has 13 heavy (non-hydrogen) atoms. The molecule has 76 valence electrons. The fraction of sp³-hybridized carbons (Fsp3) is 0.143. The second-order valence-corrected chi connectivity index (χ2v) is 4.57. The lowest BCUT2D eigenvalue weighted by molar-refractivity contribution is 0.679. The molecule has 0 aliphatic heterocycles. The predicted molar refractivity (Wildman–Crippen MR) is 60.4 cm³/mol. The Hall–Kier alpha value is -0.450. The summed E-state index contributed by atoms with van der Waals surface area (Å²) < 4.78 is 18.4. The molecular weight excluding hydrogens is 231 g/mol. The van der Waals surface area contributed by atoms with Crippen molar-refractivity contribution in [1.82, 2.24) is 0 Å². The molecule has 0 amide bonds. The average molecular weight is 243 g/mol. The number of hydrogen-bond acceptors (Lipinski definition) is 3. The van der Waals surface area contributed by atoms with Crippen LogP contribution in [-0.2, 0) is 9.73 Å². The van der Waals surface area contributed by atoms with Gasteiger partial charge in [0.15, 0.2) is 0 Å². The lowest BCUT2D eigenvalue weighted by Crippen LogP contribution is -1.94. The van der Waals surface area contributed by atoms with Crippen LogP contribution in [0, 0.1) is 4.78 Å². The SMILES string of the molecule is C[S@](=N)(=O)c1ccc(N)cc1.Cl.Cl. The van der Waals surface area contributed by atoms with Gasteiger partial charge in [0.05, 0.1) is 9.73 Å². The Balaban J connectivity index is 0. The summed E-state index contributed by atoms with van der Waals surface area (Å²) >= 11 is 0. The second kappa shape index (κ2) is 5.32. The highest BCUT2D eigenvalue weighted by molar-refractivity contribution is 7.91. The van der Waals surface area contributed by atoms with Crippen LogP contribution in [0.5, 0.6) is 0 Å². The minimum atomic E-state index is -2.58. The summed E-state index contributed by atoms with van der Waals surface area (Å²) in [5.41, 5.74) is 6.04. The highest BCUT2D eigenvalue weighted by atomic mass is 35.5. The maximum Gasteiger partial charge on any atom is 0.0696 e. The second-order valence-electron chi connectivity index (χ2n) is 2.41. The molecule has 0 aliphatic rings. The van der Waals surface area contributed by atoms with Gasteiger partial charge in [-0.1, -0.05) is 0 Å². The number of rotatable bonds is 1. The smallest absolute Gasteiger partial charge is 0.0696 e. The van der Waals surface area contributed by atoms with Gasteiger partial charge < -0.3 is 5.73 Å². The highest BCUT2D eigenvalue weighted by Gasteiger charge is 2.00. The molecule has 0 aliphatic carbocycles. The van der Waals surface area contributed by atoms with Gasteiger partial charge >= 0.3 is 0 Å². The molecule has 1 rings (SSSR count). The molecule has 0 fully saturated rings. The molecule has 6 heteroatoms. The number of benzene rings is 1. The third-order valence-corrected chi connectivity index (χ3v) is 2.50. The lowest BCUT2D eigenvalue weighted by atomic mass is 10.3. The molecule has 1 aromatic rings. The standard InChI is InChI=1S/C7H10N2OS.2ClH/c1-11(9,10)7-4-2-6(8)3-5-7;;/h2-5,9H,8H2,1H3;2*1H/t11-;;/m0../s1. The average Bonchev–Trinajstić information content (AvgIpc) is 1.86. The lowest BCUT2D eigenvalue weighted by Gasteiger charge is -1.99. The van der Waals surface area contributed by atoms with Gasteiger partial charge in [-0.15, -0.1) is 24.8 Å². The first-order chi connectivity index (χ1) is 5.00. The maximum absolute atomic E-state index is 11.1. The Morgan fingerprint density at radius 1 is 1.23 bits per heavy atom. The number of anilines is 1. The molecule has 0 saturated heterocycles. The van der Waals surface area contributed by atoms with E-state index in [1.807, 2.05) is 0 Å². The Morgan fingerprint density at radius 2 is 1.62 bits per heavy atom. The summed E-state index contributed by atoms with van der Waals surface area (Å²) in [6, 6.07) is 6.52. The van der Waals surface area contributed by atoms with Gasteiger partial charge in [0, 0.05) is 16.8 Å². The van der Waals surface area contributed by atoms with Gasteiger partial charge in [0.1, 0.15) is 0 Å². The first-order valence-corrected chi connectivity index (χ1v) is 5.06. The molecule has 0 spiro atoms. The number of nitrogens with one attached hydrogen (secondary N) is 1. The van der Waals surface area contributed by atoms with E-state index in [1.54, 1.807) is 24.3 Å². The summed E-state index contributed by atoms with van der Waals surface area (Å²) in [6.07, 6.45) is 1.39. The zero-order valence-corrected chi connectivity index (χ0v) is 9.47. The third-order valence-electron chi connectivity index (χ3n) is 1.33. The summed E-state index contributed by atoms with van der Waals surface area (Å²) in [5, 5.41) is 0. The molecule has 1 aromatic carbocycles. The number of nitrogen functional groups attached to an aromatic ring is 1. The molecule has 0 aromatic heterocycles. The van der Waals surface area contributed by atoms with Crippen molar-refractivity contribution >= 4 is 40.2 Å². The molecular formula is C7H12Cl2N2OS. The highest BCUT2D eigenvalue weighted by Crippen LogP contribution is 2.11. The van der Waals surface area contributed by atoms with E-state index in [0.29, 0.717) is 10.6 Å². The van der Waals surface area contributed by atoms with Gasteiger partial charge in [-0.25, -0.2) is 8.99 Å². The zero-order valence-electron chi connectivity index (χ0n) is 7.02. The van der Waals surface area contributed by atoms with Crippen molar-refractivity contribution in [2.24, 2.45) is 0 Å². The maximum atomic E-state index is 11.1. The molecule has 0 bridgehead atoms. The van der Waals surface area contributed by atoms with Crippen molar-refractivity contribution in [2.45, 2.75) is 4.90 Å². The molecule has 0 unspecified atom stereocenters. The van der Waals surface area contributed by atoms with Gasteiger partial charge in [0.25, 0.3) is 0 Å². The Morgan fingerprint density at radius 3 is 1.92 bits per heavy atom. The topological polar surface area (TPSA) is 66.9 Å². The van der Waals surface area contributed by atoms with Gasteiger partial charge in [0.2, 0.25) is 0 Å². The number of nitrogens with two attached hydrogens (primary N) is 1.